The van der Waals surface area contributed by atoms with E-state index in [1.807, 2.05) is 19.9 Å². The number of nitrogens with zero attached hydrogens (tertiary/aromatic N) is 1. The first kappa shape index (κ1) is 12.5. The van der Waals surface area contributed by atoms with Crippen LogP contribution in [0.15, 0.2) is 12.1 Å². The molecule has 3 heterocycles. The number of aromatic nitrogens is 1. The summed E-state index contributed by atoms with van der Waals surface area (Å²) in [7, 11) is 0. The Morgan fingerprint density at radius 1 is 1.42 bits per heavy atom. The molecule has 19 heavy (non-hydrogen) atoms. The molecule has 0 radical (unpaired) electrons. The minimum atomic E-state index is -1.14. The summed E-state index contributed by atoms with van der Waals surface area (Å²) in [5, 5.41) is 3.03. The Balaban J connectivity index is 2.20. The van der Waals surface area contributed by atoms with Gasteiger partial charge in [-0.15, -0.1) is 0 Å². The standard InChI is InChI=1S/C14H17FN2O2/c1-8(15)10-5-4-9-11(16-10)13(2,3)12(18)17-14(9)6-19-7-14/h4-5,8H,6-7H2,1-3H3,(H,17,18). The molecule has 0 saturated carbocycles. The molecule has 1 aromatic heterocycles. The molecule has 2 aliphatic rings. The van der Waals surface area contributed by atoms with Gasteiger partial charge in [0, 0.05) is 5.56 Å². The summed E-state index contributed by atoms with van der Waals surface area (Å²) in [5.74, 6) is -0.0838. The van der Waals surface area contributed by atoms with Crippen LogP contribution in [0.2, 0.25) is 0 Å². The number of halogens is 1. The number of alkyl halides is 1. The van der Waals surface area contributed by atoms with E-state index < -0.39 is 17.1 Å². The molecule has 1 aromatic rings. The van der Waals surface area contributed by atoms with E-state index in [0.717, 1.165) is 5.56 Å². The van der Waals surface area contributed by atoms with Crippen LogP contribution in [0, 0.1) is 0 Å². The van der Waals surface area contributed by atoms with Gasteiger partial charge in [0.25, 0.3) is 0 Å². The molecule has 1 saturated heterocycles. The van der Waals surface area contributed by atoms with E-state index in [9.17, 15) is 9.18 Å². The highest BCUT2D eigenvalue weighted by atomic mass is 19.1. The number of amides is 1. The predicted molar refractivity (Wildman–Crippen MR) is 67.4 cm³/mol. The molecule has 4 nitrogen and oxygen atoms in total. The van der Waals surface area contributed by atoms with E-state index in [0.29, 0.717) is 24.6 Å². The summed E-state index contributed by atoms with van der Waals surface area (Å²) < 4.78 is 18.7. The van der Waals surface area contributed by atoms with Crippen molar-refractivity contribution in [3.05, 3.63) is 29.1 Å². The Labute approximate surface area is 111 Å². The molecule has 0 aliphatic carbocycles. The van der Waals surface area contributed by atoms with E-state index in [1.165, 1.54) is 6.92 Å². The first-order valence-corrected chi connectivity index (χ1v) is 6.43. The molecule has 1 spiro atoms. The molecular formula is C14H17FN2O2. The smallest absolute Gasteiger partial charge is 0.232 e. The number of ether oxygens (including phenoxy) is 1. The number of pyridine rings is 1. The van der Waals surface area contributed by atoms with Crippen molar-refractivity contribution < 1.29 is 13.9 Å². The maximum absolute atomic E-state index is 13.5. The Kier molecular flexibility index (Phi) is 2.48. The van der Waals surface area contributed by atoms with Crippen molar-refractivity contribution in [1.29, 1.82) is 0 Å². The average Bonchev–Trinajstić information content (AvgIpc) is 2.31. The Morgan fingerprint density at radius 3 is 2.63 bits per heavy atom. The first-order chi connectivity index (χ1) is 8.87. The van der Waals surface area contributed by atoms with Crippen LogP contribution in [-0.4, -0.2) is 24.1 Å². The van der Waals surface area contributed by atoms with E-state index in [4.69, 9.17) is 4.74 Å². The van der Waals surface area contributed by atoms with Gasteiger partial charge in [-0.25, -0.2) is 4.39 Å². The van der Waals surface area contributed by atoms with Gasteiger partial charge in [0.05, 0.1) is 30.0 Å². The van der Waals surface area contributed by atoms with Crippen molar-refractivity contribution in [1.82, 2.24) is 10.3 Å². The molecule has 1 fully saturated rings. The average molecular weight is 264 g/mol. The van der Waals surface area contributed by atoms with Gasteiger partial charge in [-0.1, -0.05) is 6.07 Å². The Bertz CT molecular complexity index is 550. The van der Waals surface area contributed by atoms with Crippen molar-refractivity contribution in [2.75, 3.05) is 13.2 Å². The molecule has 1 atom stereocenters. The fourth-order valence-corrected chi connectivity index (χ4v) is 2.64. The zero-order chi connectivity index (χ0) is 13.8. The monoisotopic (exact) mass is 264 g/mol. The number of carbonyl (C=O) groups excluding carboxylic acids is 1. The molecule has 2 aliphatic heterocycles. The second kappa shape index (κ2) is 3.76. The molecule has 1 unspecified atom stereocenters. The van der Waals surface area contributed by atoms with Gasteiger partial charge in [0.2, 0.25) is 5.91 Å². The van der Waals surface area contributed by atoms with Crippen LogP contribution in [0.25, 0.3) is 0 Å². The van der Waals surface area contributed by atoms with E-state index in [-0.39, 0.29) is 5.91 Å². The number of nitrogens with one attached hydrogen (secondary N) is 1. The molecule has 1 N–H and O–H groups in total. The zero-order valence-corrected chi connectivity index (χ0v) is 11.3. The largest absolute Gasteiger partial charge is 0.376 e. The van der Waals surface area contributed by atoms with Crippen LogP contribution in [-0.2, 0) is 20.5 Å². The molecule has 0 bridgehead atoms. The highest BCUT2D eigenvalue weighted by Gasteiger charge is 2.52. The third-order valence-electron chi connectivity index (χ3n) is 4.05. The zero-order valence-electron chi connectivity index (χ0n) is 11.3. The second-order valence-corrected chi connectivity index (χ2v) is 5.90. The molecule has 0 aromatic carbocycles. The van der Waals surface area contributed by atoms with Crippen LogP contribution in [0.3, 0.4) is 0 Å². The fraction of sp³-hybridized carbons (Fsp3) is 0.571. The van der Waals surface area contributed by atoms with Crippen molar-refractivity contribution in [2.45, 2.75) is 37.9 Å². The summed E-state index contributed by atoms with van der Waals surface area (Å²) in [5.41, 5.74) is 0.778. The fourth-order valence-electron chi connectivity index (χ4n) is 2.64. The Morgan fingerprint density at radius 2 is 2.11 bits per heavy atom. The summed E-state index contributed by atoms with van der Waals surface area (Å²) in [6.45, 7) is 5.98. The number of hydrogen-bond acceptors (Lipinski definition) is 3. The van der Waals surface area contributed by atoms with Crippen molar-refractivity contribution in [3.8, 4) is 0 Å². The molecule has 5 heteroatoms. The van der Waals surface area contributed by atoms with Crippen molar-refractivity contribution in [2.24, 2.45) is 0 Å². The van der Waals surface area contributed by atoms with Gasteiger partial charge in [0.1, 0.15) is 11.7 Å². The van der Waals surface area contributed by atoms with Crippen LogP contribution in [0.5, 0.6) is 0 Å². The minimum Gasteiger partial charge on any atom is -0.376 e. The molecule has 3 rings (SSSR count). The normalized spacial score (nSPS) is 24.3. The second-order valence-electron chi connectivity index (χ2n) is 5.90. The quantitative estimate of drug-likeness (QED) is 0.840. The van der Waals surface area contributed by atoms with Crippen molar-refractivity contribution in [3.63, 3.8) is 0 Å². The number of carbonyl (C=O) groups is 1. The highest BCUT2D eigenvalue weighted by molar-refractivity contribution is 5.90. The van der Waals surface area contributed by atoms with Gasteiger partial charge < -0.3 is 10.1 Å². The third kappa shape index (κ3) is 1.61. The maximum Gasteiger partial charge on any atom is 0.232 e. The Hall–Kier alpha value is -1.49. The van der Waals surface area contributed by atoms with Crippen LogP contribution >= 0.6 is 0 Å². The summed E-state index contributed by atoms with van der Waals surface area (Å²) in [4.78, 5) is 16.7. The van der Waals surface area contributed by atoms with E-state index >= 15 is 0 Å². The SMILES string of the molecule is CC(F)c1ccc2c(n1)C(C)(C)C(=O)NC21COC1. The topological polar surface area (TPSA) is 51.2 Å². The lowest BCUT2D eigenvalue weighted by Crippen LogP contribution is -2.66. The first-order valence-electron chi connectivity index (χ1n) is 6.43. The van der Waals surface area contributed by atoms with E-state index in [2.05, 4.69) is 10.3 Å². The lowest BCUT2D eigenvalue weighted by atomic mass is 9.73. The minimum absolute atomic E-state index is 0.0838. The van der Waals surface area contributed by atoms with Crippen LogP contribution in [0.4, 0.5) is 4.39 Å². The predicted octanol–water partition coefficient (Wildman–Crippen LogP) is 1.74. The van der Waals surface area contributed by atoms with Gasteiger partial charge in [-0.05, 0) is 26.8 Å². The lowest BCUT2D eigenvalue weighted by Gasteiger charge is -2.49. The molecular weight excluding hydrogens is 247 g/mol. The molecule has 1 amide bonds. The number of fused-ring (bicyclic) bond motifs is 2. The van der Waals surface area contributed by atoms with Crippen molar-refractivity contribution >= 4 is 5.91 Å². The molecule has 102 valence electrons. The lowest BCUT2D eigenvalue weighted by molar-refractivity contribution is -0.141. The van der Waals surface area contributed by atoms with Gasteiger partial charge in [-0.2, -0.15) is 0 Å². The number of hydrogen-bond donors (Lipinski definition) is 1. The maximum atomic E-state index is 13.5. The summed E-state index contributed by atoms with van der Waals surface area (Å²) >= 11 is 0. The van der Waals surface area contributed by atoms with E-state index in [1.54, 1.807) is 6.07 Å². The van der Waals surface area contributed by atoms with Crippen LogP contribution in [0.1, 0.15) is 43.9 Å². The summed E-state index contributed by atoms with van der Waals surface area (Å²) in [6.07, 6.45) is -1.14. The van der Waals surface area contributed by atoms with Gasteiger partial charge in [0.15, 0.2) is 0 Å². The third-order valence-corrected chi connectivity index (χ3v) is 4.05. The van der Waals surface area contributed by atoms with Crippen LogP contribution < -0.4 is 5.32 Å². The number of rotatable bonds is 1. The highest BCUT2D eigenvalue weighted by Crippen LogP contribution is 2.41. The van der Waals surface area contributed by atoms with Gasteiger partial charge in [-0.3, -0.25) is 9.78 Å². The summed E-state index contributed by atoms with van der Waals surface area (Å²) in [6, 6.07) is 3.56. The van der Waals surface area contributed by atoms with Gasteiger partial charge >= 0.3 is 0 Å².